The lowest BCUT2D eigenvalue weighted by Gasteiger charge is -2.44. The first kappa shape index (κ1) is 43.1. The number of benzene rings is 7. The number of para-hydroxylation sites is 2. The summed E-state index contributed by atoms with van der Waals surface area (Å²) in [6.07, 6.45) is 0. The predicted molar refractivity (Wildman–Crippen MR) is 291 cm³/mol. The highest BCUT2D eigenvalue weighted by atomic mass is 16.3. The largest absolute Gasteiger partial charge is 0.468 e. The van der Waals surface area contributed by atoms with Crippen molar-refractivity contribution in [3.05, 3.63) is 172 Å². The number of hydrogen-bond donors (Lipinski definition) is 0. The van der Waals surface area contributed by atoms with E-state index in [9.17, 15) is 0 Å². The third kappa shape index (κ3) is 6.73. The molecule has 0 radical (unpaired) electrons. The number of hydrogen-bond acceptors (Lipinski definition) is 5. The molecule has 0 spiro atoms. The van der Waals surface area contributed by atoms with Gasteiger partial charge in [-0.2, -0.15) is 0 Å². The van der Waals surface area contributed by atoms with E-state index in [-0.39, 0.29) is 23.5 Å². The van der Waals surface area contributed by atoms with Crippen LogP contribution in [0, 0.1) is 27.7 Å². The highest BCUT2D eigenvalue weighted by Crippen LogP contribution is 2.51. The normalized spacial score (nSPS) is 13.6. The van der Waals surface area contributed by atoms with E-state index in [1.165, 1.54) is 55.8 Å². The molecule has 0 atom stereocenters. The van der Waals surface area contributed by atoms with Gasteiger partial charge in [-0.1, -0.05) is 122 Å². The summed E-state index contributed by atoms with van der Waals surface area (Å²) in [6, 6.07) is 49.1. The number of aryl methyl sites for hydroxylation is 4. The molecule has 0 fully saturated rings. The number of nitrogens with zero attached hydrogens (tertiary/aromatic N) is 2. The Kier molecular flexibility index (Phi) is 9.48. The highest BCUT2D eigenvalue weighted by Gasteiger charge is 2.48. The molecule has 69 heavy (non-hydrogen) atoms. The van der Waals surface area contributed by atoms with Gasteiger partial charge >= 0.3 is 0 Å². The van der Waals surface area contributed by atoms with Gasteiger partial charge in [-0.15, -0.1) is 0 Å². The van der Waals surface area contributed by atoms with Crippen LogP contribution in [0.3, 0.4) is 0 Å². The van der Waals surface area contributed by atoms with E-state index in [0.717, 1.165) is 89.4 Å². The maximum Gasteiger partial charge on any atom is 0.297 e. The van der Waals surface area contributed by atoms with Crippen molar-refractivity contribution in [2.45, 2.75) is 99.8 Å². The Bertz CT molecular complexity index is 3640. The summed E-state index contributed by atoms with van der Waals surface area (Å²) < 4.78 is 20.5. The quantitative estimate of drug-likeness (QED) is 0.161. The summed E-state index contributed by atoms with van der Waals surface area (Å²) in [4.78, 5) is 5.14. The number of rotatable bonds is 5. The average Bonchev–Trinajstić information content (AvgIpc) is 4.04. The molecule has 342 valence electrons. The van der Waals surface area contributed by atoms with E-state index < -0.39 is 0 Å². The number of anilines is 6. The molecule has 5 nitrogen and oxygen atoms in total. The van der Waals surface area contributed by atoms with Crippen molar-refractivity contribution in [1.82, 2.24) is 0 Å². The molecule has 5 heterocycles. The van der Waals surface area contributed by atoms with Gasteiger partial charge in [-0.25, -0.2) is 0 Å². The smallest absolute Gasteiger partial charge is 0.297 e. The fourth-order valence-corrected chi connectivity index (χ4v) is 11.4. The molecule has 2 aliphatic rings. The van der Waals surface area contributed by atoms with Gasteiger partial charge in [0.25, 0.3) is 6.71 Å². The summed E-state index contributed by atoms with van der Waals surface area (Å²) in [7, 11) is 0. The summed E-state index contributed by atoms with van der Waals surface area (Å²) in [5, 5.41) is 3.31. The van der Waals surface area contributed by atoms with Gasteiger partial charge in [0.05, 0.1) is 22.7 Å². The molecule has 0 unspecified atom stereocenters. The van der Waals surface area contributed by atoms with Crippen LogP contribution < -0.4 is 26.4 Å². The van der Waals surface area contributed by atoms with Gasteiger partial charge in [0.1, 0.15) is 28.3 Å². The zero-order valence-electron chi connectivity index (χ0n) is 42.0. The molecule has 0 saturated carbocycles. The van der Waals surface area contributed by atoms with Crippen LogP contribution in [0.25, 0.3) is 55.6 Å². The number of furan rings is 3. The third-order valence-corrected chi connectivity index (χ3v) is 14.9. The lowest BCUT2D eigenvalue weighted by Crippen LogP contribution is -2.61. The molecule has 3 aromatic heterocycles. The van der Waals surface area contributed by atoms with E-state index in [2.05, 4.69) is 208 Å². The SMILES string of the molecule is Cc1cc(C(C)(C)C)cc(C)c1N1c2cc(-c3cc4ccccc4o3)ccc2B2c3oc4ccc(C(C)(C)C)cc4c3N(c3c(C)cc(-c4cc5ccccc5o4)cc3C)c3cc(C(C)C)cc1c32. The average molecular weight is 903 g/mol. The van der Waals surface area contributed by atoms with Crippen LogP contribution in [0.1, 0.15) is 100 Å². The maximum atomic E-state index is 7.40. The van der Waals surface area contributed by atoms with E-state index in [4.69, 9.17) is 13.3 Å². The Labute approximate surface area is 406 Å². The van der Waals surface area contributed by atoms with E-state index >= 15 is 0 Å². The molecule has 10 aromatic rings. The minimum Gasteiger partial charge on any atom is -0.468 e. The fourth-order valence-electron chi connectivity index (χ4n) is 11.4. The first-order valence-corrected chi connectivity index (χ1v) is 24.6. The molecular formula is C63H59BN2O3. The van der Waals surface area contributed by atoms with Crippen molar-refractivity contribution >= 4 is 90.3 Å². The van der Waals surface area contributed by atoms with Crippen LogP contribution in [0.5, 0.6) is 0 Å². The van der Waals surface area contributed by atoms with Crippen molar-refractivity contribution in [1.29, 1.82) is 0 Å². The topological polar surface area (TPSA) is 45.9 Å². The molecule has 6 heteroatoms. The Morgan fingerprint density at radius 2 is 1.01 bits per heavy atom. The standard InChI is InChI=1S/C63H59BN2O3/c1-35(2)43-30-50-57-51(31-43)66(59-36(3)25-44(26-37(59)4)56-33-41-18-14-16-20-53(41)68-56)60-47-34-45(62(7,8)9)22-24-54(47)69-61(60)64(57)48-23-21-42(55-32-40-17-13-15-19-52(40)67-55)29-49(48)65(50)58-38(5)27-46(28-39(58)6)63(10,11)12/h13-35H,1-12H3. The maximum absolute atomic E-state index is 7.40. The van der Waals surface area contributed by atoms with Crippen molar-refractivity contribution in [2.24, 2.45) is 0 Å². The van der Waals surface area contributed by atoms with Crippen molar-refractivity contribution in [3.8, 4) is 22.6 Å². The minimum absolute atomic E-state index is 0.00906. The van der Waals surface area contributed by atoms with Crippen LogP contribution in [0.15, 0.2) is 147 Å². The van der Waals surface area contributed by atoms with Gasteiger partial charge < -0.3 is 23.1 Å². The van der Waals surface area contributed by atoms with Crippen LogP contribution in [0.2, 0.25) is 0 Å². The lowest BCUT2D eigenvalue weighted by atomic mass is 9.35. The molecule has 2 aliphatic heterocycles. The minimum atomic E-state index is -0.200. The van der Waals surface area contributed by atoms with Crippen LogP contribution >= 0.6 is 0 Å². The zero-order chi connectivity index (χ0) is 48.0. The van der Waals surface area contributed by atoms with E-state index in [1.54, 1.807) is 0 Å². The summed E-state index contributed by atoms with van der Waals surface area (Å²) in [5.41, 5.74) is 23.7. The molecule has 0 amide bonds. The molecule has 7 aromatic carbocycles. The van der Waals surface area contributed by atoms with Crippen LogP contribution in [-0.4, -0.2) is 6.71 Å². The van der Waals surface area contributed by atoms with Gasteiger partial charge in [0.15, 0.2) is 0 Å². The first-order valence-electron chi connectivity index (χ1n) is 24.6. The summed E-state index contributed by atoms with van der Waals surface area (Å²) in [5.74, 6) is 1.97. The molecule has 0 bridgehead atoms. The van der Waals surface area contributed by atoms with Gasteiger partial charge in [-0.05, 0) is 161 Å². The van der Waals surface area contributed by atoms with Gasteiger partial charge in [0.2, 0.25) is 0 Å². The summed E-state index contributed by atoms with van der Waals surface area (Å²) in [6.45, 7) is 27.3. The van der Waals surface area contributed by atoms with E-state index in [0.29, 0.717) is 0 Å². The molecule has 12 rings (SSSR count). The Hall–Kier alpha value is -7.18. The predicted octanol–water partition coefficient (Wildman–Crippen LogP) is 16.3. The van der Waals surface area contributed by atoms with Crippen molar-refractivity contribution in [3.63, 3.8) is 0 Å². The van der Waals surface area contributed by atoms with Crippen LogP contribution in [0.4, 0.5) is 34.1 Å². The Balaban J connectivity index is 1.18. The van der Waals surface area contributed by atoms with Crippen LogP contribution in [-0.2, 0) is 10.8 Å². The summed E-state index contributed by atoms with van der Waals surface area (Å²) >= 11 is 0. The monoisotopic (exact) mass is 902 g/mol. The van der Waals surface area contributed by atoms with Gasteiger partial charge in [-0.3, -0.25) is 0 Å². The highest BCUT2D eigenvalue weighted by molar-refractivity contribution is 7.00. The van der Waals surface area contributed by atoms with Crippen molar-refractivity contribution in [2.75, 3.05) is 9.80 Å². The Morgan fingerprint density at radius 3 is 1.59 bits per heavy atom. The second kappa shape index (κ2) is 15.2. The second-order valence-corrected chi connectivity index (χ2v) is 22.2. The van der Waals surface area contributed by atoms with Gasteiger partial charge in [0, 0.05) is 44.3 Å². The lowest BCUT2D eigenvalue weighted by molar-refractivity contribution is 0.589. The molecular weight excluding hydrogens is 844 g/mol. The van der Waals surface area contributed by atoms with Crippen molar-refractivity contribution < 1.29 is 13.3 Å². The molecule has 0 aliphatic carbocycles. The zero-order valence-corrected chi connectivity index (χ0v) is 42.0. The Morgan fingerprint density at radius 1 is 0.464 bits per heavy atom. The first-order chi connectivity index (χ1) is 32.9. The van der Waals surface area contributed by atoms with E-state index in [1.807, 2.05) is 18.2 Å². The molecule has 0 N–H and O–H groups in total. The number of fused-ring (bicyclic) bond motifs is 8. The third-order valence-electron chi connectivity index (χ3n) is 14.9. The molecule has 0 saturated heterocycles. The second-order valence-electron chi connectivity index (χ2n) is 22.2. The fraction of sp³-hybridized carbons (Fsp3) is 0.238.